The molecule has 1 aliphatic heterocycles. The molecule has 0 atom stereocenters. The molecule has 0 bridgehead atoms. The zero-order valence-electron chi connectivity index (χ0n) is 14.2. The van der Waals surface area contributed by atoms with Gasteiger partial charge in [0, 0.05) is 19.5 Å². The highest BCUT2D eigenvalue weighted by molar-refractivity contribution is 6.77. The smallest absolute Gasteiger partial charge is 0.267 e. The minimum Gasteiger partial charge on any atom is -0.348 e. The van der Waals surface area contributed by atoms with Crippen LogP contribution in [0, 0.1) is 13.8 Å². The summed E-state index contributed by atoms with van der Waals surface area (Å²) in [5.41, 5.74) is 3.05. The van der Waals surface area contributed by atoms with E-state index in [0.717, 1.165) is 35.1 Å². The number of amides is 1. The van der Waals surface area contributed by atoms with Crippen LogP contribution in [-0.2, 0) is 0 Å². The number of nitrogens with one attached hydrogen (secondary N) is 2. The van der Waals surface area contributed by atoms with Gasteiger partial charge in [-0.25, -0.2) is 4.98 Å². The largest absolute Gasteiger partial charge is 0.348 e. The standard InChI is InChI=1S/C17H24ClN3OSi/c1-10-13-9-14(21-16(13)19-11(2)15(10)18)17(22)20-12-5-7-23(3,4)8-6-12/h9,12H,5-8H2,1-4H3,(H,19,21)(H,20,22). The van der Waals surface area contributed by atoms with Crippen LogP contribution in [0.2, 0.25) is 30.2 Å². The van der Waals surface area contributed by atoms with Crippen molar-refractivity contribution in [3.05, 3.63) is 28.0 Å². The van der Waals surface area contributed by atoms with E-state index >= 15 is 0 Å². The van der Waals surface area contributed by atoms with Crippen molar-refractivity contribution >= 4 is 36.6 Å². The SMILES string of the molecule is Cc1nc2[nH]c(C(=O)NC3CC[Si](C)(C)CC3)cc2c(C)c1Cl. The van der Waals surface area contributed by atoms with Gasteiger partial charge in [0.1, 0.15) is 11.3 Å². The van der Waals surface area contributed by atoms with Gasteiger partial charge in [-0.1, -0.05) is 36.8 Å². The van der Waals surface area contributed by atoms with Gasteiger partial charge in [0.2, 0.25) is 0 Å². The number of carbonyl (C=O) groups is 1. The summed E-state index contributed by atoms with van der Waals surface area (Å²) in [4.78, 5) is 20.1. The Hall–Kier alpha value is -1.33. The molecule has 1 saturated heterocycles. The van der Waals surface area contributed by atoms with Crippen LogP contribution in [0.4, 0.5) is 0 Å². The first-order valence-electron chi connectivity index (χ1n) is 8.23. The van der Waals surface area contributed by atoms with Crippen molar-refractivity contribution in [1.82, 2.24) is 15.3 Å². The highest BCUT2D eigenvalue weighted by atomic mass is 35.5. The molecule has 0 spiro atoms. The van der Waals surface area contributed by atoms with Crippen LogP contribution in [0.1, 0.15) is 34.6 Å². The van der Waals surface area contributed by atoms with E-state index in [1.54, 1.807) is 0 Å². The molecule has 0 unspecified atom stereocenters. The summed E-state index contributed by atoms with van der Waals surface area (Å²) < 4.78 is 0. The molecule has 3 heterocycles. The highest BCUT2D eigenvalue weighted by Crippen LogP contribution is 2.29. The summed E-state index contributed by atoms with van der Waals surface area (Å²) in [7, 11) is -0.993. The van der Waals surface area contributed by atoms with Crippen molar-refractivity contribution in [3.8, 4) is 0 Å². The molecule has 2 N–H and O–H groups in total. The second-order valence-corrected chi connectivity index (χ2v) is 13.2. The molecule has 23 heavy (non-hydrogen) atoms. The first-order valence-corrected chi connectivity index (χ1v) is 12.0. The van der Waals surface area contributed by atoms with Gasteiger partial charge in [0.25, 0.3) is 5.91 Å². The Morgan fingerprint density at radius 1 is 1.35 bits per heavy atom. The molecule has 1 amide bonds. The van der Waals surface area contributed by atoms with Crippen LogP contribution in [0.3, 0.4) is 0 Å². The molecular formula is C17H24ClN3OSi. The number of halogens is 1. The van der Waals surface area contributed by atoms with E-state index in [2.05, 4.69) is 28.4 Å². The maximum Gasteiger partial charge on any atom is 0.267 e. The number of nitrogens with zero attached hydrogens (tertiary/aromatic N) is 1. The third-order valence-corrected chi connectivity index (χ3v) is 8.89. The predicted octanol–water partition coefficient (Wildman–Crippen LogP) is 4.43. The van der Waals surface area contributed by atoms with E-state index in [0.29, 0.717) is 16.8 Å². The lowest BCUT2D eigenvalue weighted by Gasteiger charge is -2.33. The van der Waals surface area contributed by atoms with Crippen LogP contribution in [-0.4, -0.2) is 30.0 Å². The zero-order chi connectivity index (χ0) is 16.8. The Morgan fingerprint density at radius 2 is 2.00 bits per heavy atom. The van der Waals surface area contributed by atoms with Gasteiger partial charge in [-0.2, -0.15) is 0 Å². The maximum absolute atomic E-state index is 12.5. The molecular weight excluding hydrogens is 326 g/mol. The summed E-state index contributed by atoms with van der Waals surface area (Å²) in [6.45, 7) is 8.71. The van der Waals surface area contributed by atoms with Crippen molar-refractivity contribution in [2.24, 2.45) is 0 Å². The van der Waals surface area contributed by atoms with E-state index < -0.39 is 8.07 Å². The van der Waals surface area contributed by atoms with Crippen molar-refractivity contribution in [2.75, 3.05) is 0 Å². The van der Waals surface area contributed by atoms with Crippen LogP contribution >= 0.6 is 11.6 Å². The van der Waals surface area contributed by atoms with E-state index in [-0.39, 0.29) is 5.91 Å². The average molecular weight is 350 g/mol. The second-order valence-electron chi connectivity index (χ2n) is 7.49. The lowest BCUT2D eigenvalue weighted by molar-refractivity contribution is 0.0929. The molecule has 0 saturated carbocycles. The Bertz CT molecular complexity index is 759. The molecule has 4 nitrogen and oxygen atoms in total. The summed E-state index contributed by atoms with van der Waals surface area (Å²) in [5.74, 6) is -0.0393. The van der Waals surface area contributed by atoms with Crippen LogP contribution in [0.25, 0.3) is 11.0 Å². The average Bonchev–Trinajstić information content (AvgIpc) is 2.91. The van der Waals surface area contributed by atoms with Gasteiger partial charge in [0.05, 0.1) is 10.7 Å². The number of pyridine rings is 1. The molecule has 1 fully saturated rings. The third kappa shape index (κ3) is 3.31. The van der Waals surface area contributed by atoms with Gasteiger partial charge in [0.15, 0.2) is 0 Å². The highest BCUT2D eigenvalue weighted by Gasteiger charge is 2.29. The maximum atomic E-state index is 12.5. The van der Waals surface area contributed by atoms with E-state index in [1.807, 2.05) is 19.9 Å². The van der Waals surface area contributed by atoms with Crippen LogP contribution < -0.4 is 5.32 Å². The topological polar surface area (TPSA) is 57.8 Å². The number of carbonyl (C=O) groups excluding carboxylic acids is 1. The molecule has 1 aliphatic rings. The Labute approximate surface area is 143 Å². The molecule has 2 aromatic rings. The van der Waals surface area contributed by atoms with Gasteiger partial charge >= 0.3 is 0 Å². The van der Waals surface area contributed by atoms with Gasteiger partial charge in [-0.15, -0.1) is 0 Å². The third-order valence-electron chi connectivity index (χ3n) is 5.05. The molecule has 124 valence electrons. The number of hydrogen-bond acceptors (Lipinski definition) is 2. The molecule has 0 radical (unpaired) electrons. The zero-order valence-corrected chi connectivity index (χ0v) is 16.0. The Balaban J connectivity index is 1.78. The van der Waals surface area contributed by atoms with Crippen LogP contribution in [0.15, 0.2) is 6.07 Å². The van der Waals surface area contributed by atoms with Crippen molar-refractivity contribution in [1.29, 1.82) is 0 Å². The van der Waals surface area contributed by atoms with E-state index in [4.69, 9.17) is 11.6 Å². The number of rotatable bonds is 2. The predicted molar refractivity (Wildman–Crippen MR) is 98.2 cm³/mol. The lowest BCUT2D eigenvalue weighted by Crippen LogP contribution is -2.42. The number of aryl methyl sites for hydroxylation is 2. The summed E-state index contributed by atoms with van der Waals surface area (Å²) in [6.07, 6.45) is 2.21. The molecule has 6 heteroatoms. The second kappa shape index (κ2) is 5.95. The molecule has 0 aromatic carbocycles. The fourth-order valence-corrected chi connectivity index (χ4v) is 6.01. The van der Waals surface area contributed by atoms with Crippen LogP contribution in [0.5, 0.6) is 0 Å². The lowest BCUT2D eigenvalue weighted by atomic mass is 10.1. The monoisotopic (exact) mass is 349 g/mol. The summed E-state index contributed by atoms with van der Waals surface area (Å²) in [6, 6.07) is 4.74. The molecule has 0 aliphatic carbocycles. The molecule has 2 aromatic heterocycles. The Kier molecular flexibility index (Phi) is 4.27. The minimum atomic E-state index is -0.993. The normalized spacial score (nSPS) is 18.3. The number of aromatic nitrogens is 2. The van der Waals surface area contributed by atoms with Gasteiger partial charge < -0.3 is 10.3 Å². The number of hydrogen-bond donors (Lipinski definition) is 2. The fourth-order valence-electron chi connectivity index (χ4n) is 3.35. The summed E-state index contributed by atoms with van der Waals surface area (Å²) in [5, 5.41) is 4.76. The summed E-state index contributed by atoms with van der Waals surface area (Å²) >= 11 is 6.25. The van der Waals surface area contributed by atoms with Crippen molar-refractivity contribution in [2.45, 2.75) is 57.9 Å². The minimum absolute atomic E-state index is 0.0393. The van der Waals surface area contributed by atoms with E-state index in [9.17, 15) is 4.79 Å². The van der Waals surface area contributed by atoms with Crippen molar-refractivity contribution in [3.63, 3.8) is 0 Å². The number of aromatic amines is 1. The van der Waals surface area contributed by atoms with E-state index in [1.165, 1.54) is 12.1 Å². The first kappa shape index (κ1) is 16.5. The fraction of sp³-hybridized carbons (Fsp3) is 0.529. The number of fused-ring (bicyclic) bond motifs is 1. The first-order chi connectivity index (χ1) is 10.8. The van der Waals surface area contributed by atoms with Gasteiger partial charge in [-0.05, 0) is 38.3 Å². The Morgan fingerprint density at radius 3 is 2.65 bits per heavy atom. The van der Waals surface area contributed by atoms with Gasteiger partial charge in [-0.3, -0.25) is 4.79 Å². The van der Waals surface area contributed by atoms with Crippen molar-refractivity contribution < 1.29 is 4.79 Å². The molecule has 3 rings (SSSR count). The quantitative estimate of drug-likeness (QED) is 0.788. The number of H-pyrrole nitrogens is 1.